The first-order valence-electron chi connectivity index (χ1n) is 9.79. The molecule has 1 saturated heterocycles. The fourth-order valence-corrected chi connectivity index (χ4v) is 3.54. The third-order valence-electron chi connectivity index (χ3n) is 5.07. The standard InChI is InChI=1S/C22H26ClN3O3/c1-15(2)16-7-8-19(20(27)13-16)21(28)25-9-4-10-26(12-11-25)22(29)24-18-6-3-5-17(23)14-18/h3,5-8,13-15,27H,4,9-12H2,1-2H3,(H,24,29). The van der Waals surface area contributed by atoms with Gasteiger partial charge in [-0.2, -0.15) is 0 Å². The smallest absolute Gasteiger partial charge is 0.321 e. The highest BCUT2D eigenvalue weighted by Crippen LogP contribution is 2.25. The summed E-state index contributed by atoms with van der Waals surface area (Å²) in [5.41, 5.74) is 1.92. The lowest BCUT2D eigenvalue weighted by Gasteiger charge is -2.23. The maximum Gasteiger partial charge on any atom is 0.321 e. The van der Waals surface area contributed by atoms with Crippen LogP contribution in [0.15, 0.2) is 42.5 Å². The Labute approximate surface area is 176 Å². The molecule has 0 atom stereocenters. The molecule has 0 radical (unpaired) electrons. The molecule has 0 spiro atoms. The summed E-state index contributed by atoms with van der Waals surface area (Å²) in [5, 5.41) is 13.7. The number of rotatable bonds is 3. The molecule has 29 heavy (non-hydrogen) atoms. The third kappa shape index (κ3) is 5.21. The molecule has 3 amide bonds. The average molecular weight is 416 g/mol. The lowest BCUT2D eigenvalue weighted by atomic mass is 10.0. The summed E-state index contributed by atoms with van der Waals surface area (Å²) in [4.78, 5) is 28.8. The van der Waals surface area contributed by atoms with E-state index in [4.69, 9.17) is 11.6 Å². The number of carbonyl (C=O) groups is 2. The van der Waals surface area contributed by atoms with Crippen LogP contribution in [0.25, 0.3) is 0 Å². The molecule has 6 nitrogen and oxygen atoms in total. The summed E-state index contributed by atoms with van der Waals surface area (Å²) in [6.07, 6.45) is 0.666. The fourth-order valence-electron chi connectivity index (χ4n) is 3.35. The van der Waals surface area contributed by atoms with Gasteiger partial charge in [-0.25, -0.2) is 4.79 Å². The predicted molar refractivity (Wildman–Crippen MR) is 115 cm³/mol. The van der Waals surface area contributed by atoms with Crippen LogP contribution in [0.2, 0.25) is 5.02 Å². The Morgan fingerprint density at radius 3 is 2.45 bits per heavy atom. The molecule has 1 aliphatic heterocycles. The van der Waals surface area contributed by atoms with Crippen molar-refractivity contribution < 1.29 is 14.7 Å². The van der Waals surface area contributed by atoms with Crippen molar-refractivity contribution in [1.82, 2.24) is 9.80 Å². The first kappa shape index (κ1) is 21.0. The second-order valence-corrected chi connectivity index (χ2v) is 7.94. The molecule has 154 valence electrons. The first-order chi connectivity index (χ1) is 13.8. The Balaban J connectivity index is 1.63. The minimum atomic E-state index is -0.217. The van der Waals surface area contributed by atoms with Crippen LogP contribution in [0.4, 0.5) is 10.5 Å². The number of phenols is 1. The largest absolute Gasteiger partial charge is 0.507 e. The number of hydrogen-bond acceptors (Lipinski definition) is 3. The van der Waals surface area contributed by atoms with Gasteiger partial charge < -0.3 is 20.2 Å². The summed E-state index contributed by atoms with van der Waals surface area (Å²) >= 11 is 5.96. The number of hydrogen-bond donors (Lipinski definition) is 2. The zero-order valence-corrected chi connectivity index (χ0v) is 17.4. The van der Waals surface area contributed by atoms with Gasteiger partial charge in [0.15, 0.2) is 0 Å². The highest BCUT2D eigenvalue weighted by Gasteiger charge is 2.24. The highest BCUT2D eigenvalue weighted by molar-refractivity contribution is 6.30. The maximum atomic E-state index is 12.9. The molecular weight excluding hydrogens is 390 g/mol. The van der Waals surface area contributed by atoms with Crippen LogP contribution < -0.4 is 5.32 Å². The minimum absolute atomic E-state index is 0.000928. The molecule has 0 aromatic heterocycles. The zero-order chi connectivity index (χ0) is 21.0. The van der Waals surface area contributed by atoms with Gasteiger partial charge >= 0.3 is 6.03 Å². The van der Waals surface area contributed by atoms with Crippen LogP contribution in [0, 0.1) is 0 Å². The van der Waals surface area contributed by atoms with E-state index in [2.05, 4.69) is 5.32 Å². The number of phenolic OH excluding ortho intramolecular Hbond substituents is 1. The van der Waals surface area contributed by atoms with Crippen molar-refractivity contribution in [2.45, 2.75) is 26.2 Å². The van der Waals surface area contributed by atoms with E-state index < -0.39 is 0 Å². The van der Waals surface area contributed by atoms with E-state index >= 15 is 0 Å². The molecule has 1 aliphatic rings. The predicted octanol–water partition coefficient (Wildman–Crippen LogP) is 4.55. The van der Waals surface area contributed by atoms with Crippen molar-refractivity contribution in [3.8, 4) is 5.75 Å². The van der Waals surface area contributed by atoms with Crippen LogP contribution in [0.3, 0.4) is 0 Å². The fraction of sp³-hybridized carbons (Fsp3) is 0.364. The minimum Gasteiger partial charge on any atom is -0.507 e. The number of nitrogens with zero attached hydrogens (tertiary/aromatic N) is 2. The Bertz CT molecular complexity index is 901. The van der Waals surface area contributed by atoms with Gasteiger partial charge in [0.2, 0.25) is 0 Å². The zero-order valence-electron chi connectivity index (χ0n) is 16.7. The van der Waals surface area contributed by atoms with Gasteiger partial charge in [-0.3, -0.25) is 4.79 Å². The van der Waals surface area contributed by atoms with Gasteiger partial charge in [0.1, 0.15) is 5.75 Å². The van der Waals surface area contributed by atoms with Crippen molar-refractivity contribution in [3.63, 3.8) is 0 Å². The molecule has 0 aliphatic carbocycles. The highest BCUT2D eigenvalue weighted by atomic mass is 35.5. The quantitative estimate of drug-likeness (QED) is 0.772. The van der Waals surface area contributed by atoms with Gasteiger partial charge in [-0.1, -0.05) is 37.6 Å². The number of halogens is 1. The summed E-state index contributed by atoms with van der Waals surface area (Å²) < 4.78 is 0. The number of benzene rings is 2. The molecule has 0 unspecified atom stereocenters. The number of carbonyl (C=O) groups excluding carboxylic acids is 2. The second-order valence-electron chi connectivity index (χ2n) is 7.50. The Kier molecular flexibility index (Phi) is 6.64. The van der Waals surface area contributed by atoms with Gasteiger partial charge in [0.05, 0.1) is 5.56 Å². The molecule has 2 N–H and O–H groups in total. The Morgan fingerprint density at radius 2 is 1.76 bits per heavy atom. The molecular formula is C22H26ClN3O3. The SMILES string of the molecule is CC(C)c1ccc(C(=O)N2CCCN(C(=O)Nc3cccc(Cl)c3)CC2)c(O)c1. The second kappa shape index (κ2) is 9.18. The summed E-state index contributed by atoms with van der Waals surface area (Å²) in [5.74, 6) is 0.0608. The molecule has 7 heteroatoms. The molecule has 2 aromatic rings. The molecule has 1 heterocycles. The summed E-state index contributed by atoms with van der Waals surface area (Å²) in [6, 6.07) is 12.0. The number of aromatic hydroxyl groups is 1. The van der Waals surface area contributed by atoms with E-state index in [0.717, 1.165) is 5.56 Å². The van der Waals surface area contributed by atoms with Gasteiger partial charge in [-0.15, -0.1) is 0 Å². The van der Waals surface area contributed by atoms with Gasteiger partial charge in [0.25, 0.3) is 5.91 Å². The van der Waals surface area contributed by atoms with Crippen molar-refractivity contribution in [3.05, 3.63) is 58.6 Å². The van der Waals surface area contributed by atoms with Crippen molar-refractivity contribution in [2.75, 3.05) is 31.5 Å². The van der Waals surface area contributed by atoms with Crippen LogP contribution in [-0.4, -0.2) is 53.0 Å². The van der Waals surface area contributed by atoms with Crippen LogP contribution in [0.5, 0.6) is 5.75 Å². The van der Waals surface area contributed by atoms with Crippen molar-refractivity contribution in [2.24, 2.45) is 0 Å². The normalized spacial score (nSPS) is 14.6. The van der Waals surface area contributed by atoms with Crippen molar-refractivity contribution in [1.29, 1.82) is 0 Å². The maximum absolute atomic E-state index is 12.9. The number of nitrogens with one attached hydrogen (secondary N) is 1. The van der Waals surface area contributed by atoms with E-state index in [9.17, 15) is 14.7 Å². The molecule has 0 saturated carbocycles. The number of anilines is 1. The van der Waals surface area contributed by atoms with Gasteiger partial charge in [0, 0.05) is 36.9 Å². The Hall–Kier alpha value is -2.73. The van der Waals surface area contributed by atoms with Crippen molar-refractivity contribution >= 4 is 29.2 Å². The lowest BCUT2D eigenvalue weighted by Crippen LogP contribution is -2.39. The average Bonchev–Trinajstić information content (AvgIpc) is 2.93. The van der Waals surface area contributed by atoms with E-state index in [1.54, 1.807) is 46.2 Å². The van der Waals surface area contributed by atoms with Gasteiger partial charge in [-0.05, 0) is 48.2 Å². The molecule has 0 bridgehead atoms. The Morgan fingerprint density at radius 1 is 1.03 bits per heavy atom. The molecule has 3 rings (SSSR count). The third-order valence-corrected chi connectivity index (χ3v) is 5.30. The van der Waals surface area contributed by atoms with E-state index in [-0.39, 0.29) is 23.6 Å². The first-order valence-corrected chi connectivity index (χ1v) is 10.2. The van der Waals surface area contributed by atoms with Crippen LogP contribution in [-0.2, 0) is 0 Å². The molecule has 2 aromatic carbocycles. The number of urea groups is 1. The van der Waals surface area contributed by atoms with E-state index in [1.165, 1.54) is 0 Å². The van der Waals surface area contributed by atoms with Crippen LogP contribution in [0.1, 0.15) is 42.1 Å². The summed E-state index contributed by atoms with van der Waals surface area (Å²) in [7, 11) is 0. The van der Waals surface area contributed by atoms with E-state index in [1.807, 2.05) is 19.9 Å². The summed E-state index contributed by atoms with van der Waals surface area (Å²) in [6.45, 7) is 5.98. The van der Waals surface area contributed by atoms with E-state index in [0.29, 0.717) is 48.9 Å². The van der Waals surface area contributed by atoms with Crippen LogP contribution >= 0.6 is 11.6 Å². The lowest BCUT2D eigenvalue weighted by molar-refractivity contribution is 0.0759. The topological polar surface area (TPSA) is 72.9 Å². The number of amides is 3. The molecule has 1 fully saturated rings. The monoisotopic (exact) mass is 415 g/mol.